The number of halogens is 2. The van der Waals surface area contributed by atoms with E-state index in [-0.39, 0.29) is 0 Å². The van der Waals surface area contributed by atoms with Gasteiger partial charge in [-0.15, -0.1) is 0 Å². The van der Waals surface area contributed by atoms with E-state index in [4.69, 9.17) is 28.2 Å². The Bertz CT molecular complexity index is 1110. The molecular formula is C23H18Cl2N2. The molecule has 1 heterocycles. The highest BCUT2D eigenvalue weighted by atomic mass is 35.5. The Morgan fingerprint density at radius 3 is 2.37 bits per heavy atom. The van der Waals surface area contributed by atoms with Gasteiger partial charge in [0.15, 0.2) is 0 Å². The van der Waals surface area contributed by atoms with Crippen LogP contribution >= 0.6 is 23.2 Å². The molecule has 0 aliphatic carbocycles. The van der Waals surface area contributed by atoms with Crippen LogP contribution in [0, 0.1) is 13.8 Å². The lowest BCUT2D eigenvalue weighted by Crippen LogP contribution is -1.87. The Labute approximate surface area is 168 Å². The normalized spacial score (nSPS) is 11.0. The first-order valence-electron chi connectivity index (χ1n) is 8.72. The van der Waals surface area contributed by atoms with Crippen molar-refractivity contribution in [3.05, 3.63) is 87.9 Å². The molecule has 0 fully saturated rings. The second kappa shape index (κ2) is 7.22. The van der Waals surface area contributed by atoms with Crippen molar-refractivity contribution in [1.29, 1.82) is 0 Å². The third kappa shape index (κ3) is 3.39. The Balaban J connectivity index is 1.98. The van der Waals surface area contributed by atoms with E-state index < -0.39 is 0 Å². The number of aromatic nitrogens is 2. The molecule has 0 amide bonds. The summed E-state index contributed by atoms with van der Waals surface area (Å²) < 4.78 is 0. The third-order valence-electron chi connectivity index (χ3n) is 4.62. The maximum absolute atomic E-state index is 6.52. The first-order valence-corrected chi connectivity index (χ1v) is 9.47. The molecule has 3 aromatic carbocycles. The van der Waals surface area contributed by atoms with Gasteiger partial charge in [0.05, 0.1) is 21.4 Å². The Kier molecular flexibility index (Phi) is 4.77. The van der Waals surface area contributed by atoms with E-state index in [0.717, 1.165) is 39.5 Å². The number of rotatable bonds is 3. The summed E-state index contributed by atoms with van der Waals surface area (Å²) in [6, 6.07) is 22.1. The molecule has 0 unspecified atom stereocenters. The lowest BCUT2D eigenvalue weighted by atomic mass is 10.1. The van der Waals surface area contributed by atoms with Gasteiger partial charge in [0.2, 0.25) is 0 Å². The predicted octanol–water partition coefficient (Wildman–Crippen LogP) is 7.33. The quantitative estimate of drug-likeness (QED) is 0.388. The predicted molar refractivity (Wildman–Crippen MR) is 114 cm³/mol. The molecule has 4 heteroatoms. The van der Waals surface area contributed by atoms with E-state index in [0.29, 0.717) is 10.0 Å². The van der Waals surface area contributed by atoms with Gasteiger partial charge in [0, 0.05) is 16.7 Å². The van der Waals surface area contributed by atoms with Gasteiger partial charge >= 0.3 is 0 Å². The van der Waals surface area contributed by atoms with E-state index in [2.05, 4.69) is 37.0 Å². The van der Waals surface area contributed by atoms with Crippen molar-refractivity contribution in [3.63, 3.8) is 0 Å². The number of hydrogen-bond acceptors (Lipinski definition) is 1. The average molecular weight is 393 g/mol. The molecule has 0 saturated heterocycles. The smallest absolute Gasteiger partial charge is 0.138 e. The minimum atomic E-state index is 0.521. The number of nitrogens with zero attached hydrogens (tertiary/aromatic N) is 1. The van der Waals surface area contributed by atoms with Crippen LogP contribution < -0.4 is 0 Å². The summed E-state index contributed by atoms with van der Waals surface area (Å²) in [6.07, 6.45) is 0. The maximum atomic E-state index is 6.52. The monoisotopic (exact) mass is 392 g/mol. The molecule has 0 bridgehead atoms. The largest absolute Gasteiger partial charge is 0.337 e. The fourth-order valence-electron chi connectivity index (χ4n) is 3.19. The summed E-state index contributed by atoms with van der Waals surface area (Å²) in [5, 5.41) is 1.04. The van der Waals surface area contributed by atoms with Crippen molar-refractivity contribution in [2.45, 2.75) is 13.8 Å². The first kappa shape index (κ1) is 17.8. The van der Waals surface area contributed by atoms with Crippen LogP contribution in [0.3, 0.4) is 0 Å². The summed E-state index contributed by atoms with van der Waals surface area (Å²) in [6.45, 7) is 4.17. The number of benzene rings is 3. The van der Waals surface area contributed by atoms with Crippen LogP contribution in [0.1, 0.15) is 11.1 Å². The van der Waals surface area contributed by atoms with Crippen LogP contribution in [0.5, 0.6) is 0 Å². The van der Waals surface area contributed by atoms with Gasteiger partial charge in [0.25, 0.3) is 0 Å². The second-order valence-electron chi connectivity index (χ2n) is 6.59. The van der Waals surface area contributed by atoms with Crippen molar-refractivity contribution in [2.24, 2.45) is 0 Å². The van der Waals surface area contributed by atoms with Crippen molar-refractivity contribution in [1.82, 2.24) is 9.97 Å². The number of nitrogens with one attached hydrogen (secondary N) is 1. The Hall–Kier alpha value is -2.55. The van der Waals surface area contributed by atoms with Gasteiger partial charge in [-0.1, -0.05) is 83.4 Å². The molecule has 0 atom stereocenters. The van der Waals surface area contributed by atoms with E-state index in [1.165, 1.54) is 5.56 Å². The first-order chi connectivity index (χ1) is 13.0. The van der Waals surface area contributed by atoms with Gasteiger partial charge in [-0.05, 0) is 31.5 Å². The van der Waals surface area contributed by atoms with E-state index in [1.54, 1.807) is 6.07 Å². The second-order valence-corrected chi connectivity index (χ2v) is 7.38. The number of aryl methyl sites for hydroxylation is 2. The van der Waals surface area contributed by atoms with Crippen molar-refractivity contribution in [2.75, 3.05) is 0 Å². The van der Waals surface area contributed by atoms with Crippen LogP contribution in [-0.2, 0) is 0 Å². The highest BCUT2D eigenvalue weighted by molar-refractivity contribution is 6.43. The van der Waals surface area contributed by atoms with E-state index in [9.17, 15) is 0 Å². The standard InChI is InChI=1S/C23H18Cl2N2/c1-14-11-12-15(2)18(13-14)23-26-21(16-7-4-3-5-8-16)22(27-23)17-9-6-10-19(24)20(17)25/h3-13H,1-2H3,(H,26,27). The zero-order valence-corrected chi connectivity index (χ0v) is 16.6. The Morgan fingerprint density at radius 1 is 0.815 bits per heavy atom. The van der Waals surface area contributed by atoms with Crippen molar-refractivity contribution >= 4 is 23.2 Å². The number of imidazole rings is 1. The molecule has 1 aromatic heterocycles. The topological polar surface area (TPSA) is 28.7 Å². The SMILES string of the molecule is Cc1ccc(C)c(-c2nc(-c3ccccc3)c(-c3cccc(Cl)c3Cl)[nH]2)c1. The highest BCUT2D eigenvalue weighted by Gasteiger charge is 2.19. The molecule has 0 saturated carbocycles. The third-order valence-corrected chi connectivity index (χ3v) is 5.44. The average Bonchev–Trinajstić information content (AvgIpc) is 3.11. The van der Waals surface area contributed by atoms with Gasteiger partial charge in [-0.2, -0.15) is 0 Å². The molecule has 4 rings (SSSR count). The molecule has 1 N–H and O–H groups in total. The molecule has 0 aliphatic rings. The van der Waals surface area contributed by atoms with Crippen LogP contribution in [0.25, 0.3) is 33.9 Å². The molecule has 0 radical (unpaired) electrons. The van der Waals surface area contributed by atoms with Gasteiger partial charge in [0.1, 0.15) is 5.82 Å². The van der Waals surface area contributed by atoms with E-state index >= 15 is 0 Å². The number of H-pyrrole nitrogens is 1. The number of hydrogen-bond donors (Lipinski definition) is 1. The molecule has 0 aliphatic heterocycles. The van der Waals surface area contributed by atoms with Crippen molar-refractivity contribution in [3.8, 4) is 33.9 Å². The van der Waals surface area contributed by atoms with Gasteiger partial charge in [-0.3, -0.25) is 0 Å². The molecule has 134 valence electrons. The molecule has 4 aromatic rings. The number of aromatic amines is 1. The summed E-state index contributed by atoms with van der Waals surface area (Å²) in [4.78, 5) is 8.44. The summed E-state index contributed by atoms with van der Waals surface area (Å²) in [5.74, 6) is 0.820. The Morgan fingerprint density at radius 2 is 1.59 bits per heavy atom. The lowest BCUT2D eigenvalue weighted by molar-refractivity contribution is 1.27. The molecule has 0 spiro atoms. The van der Waals surface area contributed by atoms with Crippen molar-refractivity contribution < 1.29 is 0 Å². The molecule has 27 heavy (non-hydrogen) atoms. The zero-order valence-electron chi connectivity index (χ0n) is 15.1. The fraction of sp³-hybridized carbons (Fsp3) is 0.0870. The zero-order chi connectivity index (χ0) is 19.0. The maximum Gasteiger partial charge on any atom is 0.138 e. The summed E-state index contributed by atoms with van der Waals surface area (Å²) in [7, 11) is 0. The molecular weight excluding hydrogens is 375 g/mol. The van der Waals surface area contributed by atoms with Crippen LogP contribution in [-0.4, -0.2) is 9.97 Å². The molecule has 2 nitrogen and oxygen atoms in total. The summed E-state index contributed by atoms with van der Waals surface area (Å²) >= 11 is 12.8. The fourth-order valence-corrected chi connectivity index (χ4v) is 3.58. The van der Waals surface area contributed by atoms with Crippen LogP contribution in [0.4, 0.5) is 0 Å². The highest BCUT2D eigenvalue weighted by Crippen LogP contribution is 2.39. The van der Waals surface area contributed by atoms with Crippen LogP contribution in [0.15, 0.2) is 66.7 Å². The minimum absolute atomic E-state index is 0.521. The summed E-state index contributed by atoms with van der Waals surface area (Å²) in [5.41, 5.74) is 7.02. The van der Waals surface area contributed by atoms with Crippen LogP contribution in [0.2, 0.25) is 10.0 Å². The van der Waals surface area contributed by atoms with E-state index in [1.807, 2.05) is 42.5 Å². The minimum Gasteiger partial charge on any atom is -0.337 e. The van der Waals surface area contributed by atoms with Gasteiger partial charge in [-0.25, -0.2) is 4.98 Å². The van der Waals surface area contributed by atoms with Gasteiger partial charge < -0.3 is 4.98 Å². The lowest BCUT2D eigenvalue weighted by Gasteiger charge is -2.06.